The number of carbonyl (C=O) groups excluding carboxylic acids is 1. The van der Waals surface area contributed by atoms with Crippen molar-refractivity contribution >= 4 is 17.4 Å². The zero-order valence-electron chi connectivity index (χ0n) is 13.8. The lowest BCUT2D eigenvalue weighted by atomic mass is 10.3. The number of carbonyl (C=O) groups is 1. The van der Waals surface area contributed by atoms with Crippen LogP contribution < -0.4 is 14.8 Å². The van der Waals surface area contributed by atoms with Gasteiger partial charge in [-0.25, -0.2) is 9.97 Å². The molecule has 0 fully saturated rings. The average molecular weight is 328 g/mol. The third kappa shape index (κ3) is 3.56. The van der Waals surface area contributed by atoms with Gasteiger partial charge in [-0.3, -0.25) is 4.79 Å². The van der Waals surface area contributed by atoms with Gasteiger partial charge >= 0.3 is 0 Å². The van der Waals surface area contributed by atoms with Gasteiger partial charge in [0.05, 0.1) is 12.4 Å². The standard InChI is InChI=1S/C17H20N4O3/c1-3-4-7-21(2)17(22)13-9-19-16(10-18-13)20-12-5-6-14-15(8-12)24-11-23-14/h5-6,8-10H,3-4,7,11H2,1-2H3,(H,19,20). The molecule has 0 saturated heterocycles. The lowest BCUT2D eigenvalue weighted by Crippen LogP contribution is -2.28. The van der Waals surface area contributed by atoms with E-state index in [9.17, 15) is 4.79 Å². The molecule has 1 aromatic heterocycles. The monoisotopic (exact) mass is 328 g/mol. The summed E-state index contributed by atoms with van der Waals surface area (Å²) in [6.07, 6.45) is 5.05. The highest BCUT2D eigenvalue weighted by molar-refractivity contribution is 5.91. The predicted molar refractivity (Wildman–Crippen MR) is 89.7 cm³/mol. The molecule has 7 heteroatoms. The Morgan fingerprint density at radius 1 is 1.25 bits per heavy atom. The lowest BCUT2D eigenvalue weighted by molar-refractivity contribution is 0.0787. The van der Waals surface area contributed by atoms with Gasteiger partial charge in [0.2, 0.25) is 6.79 Å². The number of anilines is 2. The Kier molecular flexibility index (Phi) is 4.79. The number of ether oxygens (including phenoxy) is 2. The Bertz CT molecular complexity index is 718. The zero-order valence-corrected chi connectivity index (χ0v) is 13.8. The fraction of sp³-hybridized carbons (Fsp3) is 0.353. The Hall–Kier alpha value is -2.83. The normalized spacial score (nSPS) is 12.1. The van der Waals surface area contributed by atoms with Crippen LogP contribution >= 0.6 is 0 Å². The molecule has 1 aliphatic heterocycles. The van der Waals surface area contributed by atoms with Crippen LogP contribution in [0.5, 0.6) is 11.5 Å². The minimum absolute atomic E-state index is 0.120. The van der Waals surface area contributed by atoms with Crippen LogP contribution in [-0.4, -0.2) is 41.2 Å². The highest BCUT2D eigenvalue weighted by atomic mass is 16.7. The summed E-state index contributed by atoms with van der Waals surface area (Å²) in [7, 11) is 1.78. The van der Waals surface area contributed by atoms with Crippen LogP contribution in [0.1, 0.15) is 30.3 Å². The third-order valence-electron chi connectivity index (χ3n) is 3.71. The molecule has 1 amide bonds. The molecule has 7 nitrogen and oxygen atoms in total. The average Bonchev–Trinajstić information content (AvgIpc) is 3.07. The van der Waals surface area contributed by atoms with E-state index in [0.29, 0.717) is 23.8 Å². The van der Waals surface area contributed by atoms with Crippen molar-refractivity contribution in [1.82, 2.24) is 14.9 Å². The van der Waals surface area contributed by atoms with Crippen molar-refractivity contribution in [3.05, 3.63) is 36.3 Å². The number of hydrogen-bond donors (Lipinski definition) is 1. The quantitative estimate of drug-likeness (QED) is 0.879. The number of hydrogen-bond acceptors (Lipinski definition) is 6. The van der Waals surface area contributed by atoms with E-state index in [4.69, 9.17) is 9.47 Å². The molecule has 3 rings (SSSR count). The number of unbranched alkanes of at least 4 members (excludes halogenated alkanes) is 1. The topological polar surface area (TPSA) is 76.6 Å². The zero-order chi connectivity index (χ0) is 16.9. The molecule has 0 spiro atoms. The van der Waals surface area contributed by atoms with Gasteiger partial charge in [0.25, 0.3) is 5.91 Å². The van der Waals surface area contributed by atoms with E-state index in [-0.39, 0.29) is 12.7 Å². The summed E-state index contributed by atoms with van der Waals surface area (Å²) in [5, 5.41) is 3.13. The largest absolute Gasteiger partial charge is 0.454 e. The van der Waals surface area contributed by atoms with Gasteiger partial charge in [-0.1, -0.05) is 13.3 Å². The molecular formula is C17H20N4O3. The maximum absolute atomic E-state index is 12.2. The Balaban J connectivity index is 1.65. The molecule has 0 bridgehead atoms. The smallest absolute Gasteiger partial charge is 0.273 e. The minimum atomic E-state index is -0.120. The summed E-state index contributed by atoms with van der Waals surface area (Å²) in [6.45, 7) is 3.05. The first-order valence-corrected chi connectivity index (χ1v) is 7.91. The Morgan fingerprint density at radius 2 is 2.08 bits per heavy atom. The van der Waals surface area contributed by atoms with Crippen LogP contribution in [0, 0.1) is 0 Å². The molecule has 1 aliphatic rings. The molecule has 2 aromatic rings. The number of nitrogens with one attached hydrogen (secondary N) is 1. The van der Waals surface area contributed by atoms with Crippen LogP contribution in [0.2, 0.25) is 0 Å². The fourth-order valence-corrected chi connectivity index (χ4v) is 2.32. The van der Waals surface area contributed by atoms with Gasteiger partial charge in [-0.15, -0.1) is 0 Å². The second-order valence-corrected chi connectivity index (χ2v) is 5.56. The second kappa shape index (κ2) is 7.16. The first-order chi connectivity index (χ1) is 11.7. The van der Waals surface area contributed by atoms with Gasteiger partial charge < -0.3 is 19.7 Å². The summed E-state index contributed by atoms with van der Waals surface area (Å²) < 4.78 is 10.6. The van der Waals surface area contributed by atoms with Gasteiger partial charge in [0.1, 0.15) is 11.5 Å². The van der Waals surface area contributed by atoms with Crippen molar-refractivity contribution in [2.75, 3.05) is 25.7 Å². The number of amides is 1. The summed E-state index contributed by atoms with van der Waals surface area (Å²) in [6, 6.07) is 5.53. The summed E-state index contributed by atoms with van der Waals surface area (Å²) in [5.74, 6) is 1.85. The number of aromatic nitrogens is 2. The molecular weight excluding hydrogens is 308 g/mol. The Labute approximate surface area is 140 Å². The fourth-order valence-electron chi connectivity index (χ4n) is 2.32. The van der Waals surface area contributed by atoms with E-state index in [1.165, 1.54) is 6.20 Å². The molecule has 0 radical (unpaired) electrons. The molecule has 0 atom stereocenters. The third-order valence-corrected chi connectivity index (χ3v) is 3.71. The van der Waals surface area contributed by atoms with Crippen molar-refractivity contribution in [3.8, 4) is 11.5 Å². The first kappa shape index (κ1) is 16.0. The van der Waals surface area contributed by atoms with Crippen LogP contribution in [0.3, 0.4) is 0 Å². The molecule has 126 valence electrons. The van der Waals surface area contributed by atoms with E-state index < -0.39 is 0 Å². The van der Waals surface area contributed by atoms with Crippen molar-refractivity contribution in [2.24, 2.45) is 0 Å². The van der Waals surface area contributed by atoms with Crippen molar-refractivity contribution in [2.45, 2.75) is 19.8 Å². The number of fused-ring (bicyclic) bond motifs is 1. The highest BCUT2D eigenvalue weighted by Gasteiger charge is 2.15. The van der Waals surface area contributed by atoms with Gasteiger partial charge in [-0.05, 0) is 18.6 Å². The predicted octanol–water partition coefficient (Wildman–Crippen LogP) is 2.82. The maximum Gasteiger partial charge on any atom is 0.273 e. The van der Waals surface area contributed by atoms with Gasteiger partial charge in [-0.2, -0.15) is 0 Å². The van der Waals surface area contributed by atoms with Crippen molar-refractivity contribution in [3.63, 3.8) is 0 Å². The number of benzene rings is 1. The van der Waals surface area contributed by atoms with E-state index in [1.54, 1.807) is 18.1 Å². The molecule has 24 heavy (non-hydrogen) atoms. The van der Waals surface area contributed by atoms with Crippen molar-refractivity contribution < 1.29 is 14.3 Å². The van der Waals surface area contributed by atoms with Crippen molar-refractivity contribution in [1.29, 1.82) is 0 Å². The summed E-state index contributed by atoms with van der Waals surface area (Å²) >= 11 is 0. The highest BCUT2D eigenvalue weighted by Crippen LogP contribution is 2.34. The number of nitrogens with zero attached hydrogens (tertiary/aromatic N) is 3. The maximum atomic E-state index is 12.2. The second-order valence-electron chi connectivity index (χ2n) is 5.56. The Morgan fingerprint density at radius 3 is 2.83 bits per heavy atom. The molecule has 0 saturated carbocycles. The van der Waals surface area contributed by atoms with E-state index in [2.05, 4.69) is 22.2 Å². The van der Waals surface area contributed by atoms with Crippen LogP contribution in [-0.2, 0) is 0 Å². The van der Waals surface area contributed by atoms with Gasteiger partial charge in [0.15, 0.2) is 11.5 Å². The van der Waals surface area contributed by atoms with Crippen LogP contribution in [0.4, 0.5) is 11.5 Å². The lowest BCUT2D eigenvalue weighted by Gasteiger charge is -2.16. The SMILES string of the molecule is CCCCN(C)C(=O)c1cnc(Nc2ccc3c(c2)OCO3)cn1. The van der Waals surface area contributed by atoms with Crippen LogP contribution in [0.15, 0.2) is 30.6 Å². The number of rotatable bonds is 6. The first-order valence-electron chi connectivity index (χ1n) is 7.91. The molecule has 1 aromatic carbocycles. The van der Waals surface area contributed by atoms with E-state index >= 15 is 0 Å². The molecule has 0 aliphatic carbocycles. The van der Waals surface area contributed by atoms with E-state index in [0.717, 1.165) is 24.3 Å². The summed E-state index contributed by atoms with van der Waals surface area (Å²) in [4.78, 5) is 22.3. The molecule has 2 heterocycles. The summed E-state index contributed by atoms with van der Waals surface area (Å²) in [5.41, 5.74) is 1.15. The van der Waals surface area contributed by atoms with Gasteiger partial charge in [0, 0.05) is 25.3 Å². The van der Waals surface area contributed by atoms with Crippen LogP contribution in [0.25, 0.3) is 0 Å². The molecule has 0 unspecified atom stereocenters. The van der Waals surface area contributed by atoms with E-state index in [1.807, 2.05) is 18.2 Å². The minimum Gasteiger partial charge on any atom is -0.454 e. The molecule has 1 N–H and O–H groups in total.